The zero-order chi connectivity index (χ0) is 18.0. The van der Waals surface area contributed by atoms with Gasteiger partial charge in [0, 0.05) is 17.0 Å². The molecule has 1 amide bonds. The fraction of sp³-hybridized carbons (Fsp3) is 0.278. The molecule has 3 rings (SSSR count). The lowest BCUT2D eigenvalue weighted by Crippen LogP contribution is -2.40. The smallest absolute Gasteiger partial charge is 0.247 e. The minimum Gasteiger partial charge on any atom is -0.345 e. The molecule has 25 heavy (non-hydrogen) atoms. The number of carbonyl (C=O) groups is 1. The van der Waals surface area contributed by atoms with Crippen molar-refractivity contribution >= 4 is 39.0 Å². The van der Waals surface area contributed by atoms with Gasteiger partial charge in [0.25, 0.3) is 0 Å². The van der Waals surface area contributed by atoms with Crippen LogP contribution in [0.5, 0.6) is 0 Å². The number of amides is 1. The van der Waals surface area contributed by atoms with Crippen LogP contribution < -0.4 is 9.62 Å². The average molecular weight is 377 g/mol. The number of anilines is 1. The van der Waals surface area contributed by atoms with Crippen molar-refractivity contribution in [3.63, 3.8) is 0 Å². The summed E-state index contributed by atoms with van der Waals surface area (Å²) in [6.07, 6.45) is 3.61. The lowest BCUT2D eigenvalue weighted by Gasteiger charge is -2.34. The van der Waals surface area contributed by atoms with Crippen LogP contribution in [0.3, 0.4) is 0 Å². The van der Waals surface area contributed by atoms with Gasteiger partial charge in [-0.15, -0.1) is 11.3 Å². The molecule has 0 saturated heterocycles. The molecule has 2 aromatic rings. The fourth-order valence-electron chi connectivity index (χ4n) is 2.95. The Labute approximate surface area is 152 Å². The van der Waals surface area contributed by atoms with Crippen molar-refractivity contribution in [1.29, 1.82) is 0 Å². The Balaban J connectivity index is 1.83. The third-order valence-electron chi connectivity index (χ3n) is 4.17. The second-order valence-electron chi connectivity index (χ2n) is 6.05. The zero-order valence-electron chi connectivity index (χ0n) is 14.1. The molecule has 1 N–H and O–H groups in total. The maximum Gasteiger partial charge on any atom is 0.247 e. The van der Waals surface area contributed by atoms with Crippen LogP contribution in [0.2, 0.25) is 0 Å². The van der Waals surface area contributed by atoms with E-state index in [1.165, 1.54) is 10.6 Å². The third-order valence-corrected chi connectivity index (χ3v) is 6.17. The van der Waals surface area contributed by atoms with Gasteiger partial charge in [0.15, 0.2) is 0 Å². The monoisotopic (exact) mass is 376 g/mol. The second kappa shape index (κ2) is 7.01. The quantitative estimate of drug-likeness (QED) is 0.834. The molecule has 1 aliphatic rings. The van der Waals surface area contributed by atoms with Crippen molar-refractivity contribution in [2.45, 2.75) is 19.4 Å². The highest BCUT2D eigenvalue weighted by Gasteiger charge is 2.30. The van der Waals surface area contributed by atoms with Crippen LogP contribution in [0.4, 0.5) is 5.69 Å². The molecular weight excluding hydrogens is 356 g/mol. The summed E-state index contributed by atoms with van der Waals surface area (Å²) in [5.41, 5.74) is 2.10. The summed E-state index contributed by atoms with van der Waals surface area (Å²) in [7, 11) is -3.33. The van der Waals surface area contributed by atoms with Gasteiger partial charge in [0.1, 0.15) is 0 Å². The van der Waals surface area contributed by atoms with Gasteiger partial charge in [-0.1, -0.05) is 24.3 Å². The molecule has 5 nitrogen and oxygen atoms in total. The van der Waals surface area contributed by atoms with Gasteiger partial charge in [-0.05, 0) is 42.5 Å². The van der Waals surface area contributed by atoms with Crippen molar-refractivity contribution in [3.8, 4) is 0 Å². The van der Waals surface area contributed by atoms with E-state index in [0.717, 1.165) is 10.4 Å². The predicted molar refractivity (Wildman–Crippen MR) is 102 cm³/mol. The summed E-state index contributed by atoms with van der Waals surface area (Å²) < 4.78 is 25.4. The summed E-state index contributed by atoms with van der Waals surface area (Å²) in [5, 5.41) is 5.00. The summed E-state index contributed by atoms with van der Waals surface area (Å²) in [4.78, 5) is 13.5. The molecule has 1 atom stereocenters. The molecule has 0 bridgehead atoms. The first-order valence-electron chi connectivity index (χ1n) is 7.95. The fourth-order valence-corrected chi connectivity index (χ4v) is 4.63. The maximum atomic E-state index is 12.5. The molecule has 0 fully saturated rings. The topological polar surface area (TPSA) is 66.5 Å². The molecule has 2 heterocycles. The Bertz CT molecular complexity index is 902. The van der Waals surface area contributed by atoms with E-state index < -0.39 is 10.0 Å². The van der Waals surface area contributed by atoms with Crippen LogP contribution in [0.1, 0.15) is 29.8 Å². The van der Waals surface area contributed by atoms with Gasteiger partial charge in [0.2, 0.25) is 15.9 Å². The molecule has 0 spiro atoms. The SMILES string of the molecule is C/C(=C\c1cccs1)C(=O)NC1CCN(S(C)(=O)=O)c2ccccc21. The number of carbonyl (C=O) groups excluding carboxylic acids is 1. The number of nitrogens with one attached hydrogen (secondary N) is 1. The van der Waals surface area contributed by atoms with E-state index in [2.05, 4.69) is 5.32 Å². The Morgan fingerprint density at radius 2 is 2.04 bits per heavy atom. The number of para-hydroxylation sites is 1. The number of hydrogen-bond donors (Lipinski definition) is 1. The van der Waals surface area contributed by atoms with Crippen molar-refractivity contribution in [3.05, 3.63) is 57.8 Å². The number of thiophene rings is 1. The first kappa shape index (κ1) is 17.7. The normalized spacial score (nSPS) is 17.9. The van der Waals surface area contributed by atoms with Gasteiger partial charge < -0.3 is 5.32 Å². The van der Waals surface area contributed by atoms with Crippen LogP contribution in [-0.4, -0.2) is 27.1 Å². The third kappa shape index (κ3) is 3.93. The molecule has 1 aromatic carbocycles. The predicted octanol–water partition coefficient (Wildman–Crippen LogP) is 3.18. The number of sulfonamides is 1. The highest BCUT2D eigenvalue weighted by atomic mass is 32.2. The number of fused-ring (bicyclic) bond motifs is 1. The standard InChI is InChI=1S/C18H20N2O3S2/c1-13(12-14-6-5-11-24-14)18(21)19-16-9-10-20(25(2,22)23)17-8-4-3-7-15(16)17/h3-8,11-12,16H,9-10H2,1-2H3,(H,19,21)/b13-12+. The first-order valence-corrected chi connectivity index (χ1v) is 10.7. The molecule has 1 aromatic heterocycles. The molecule has 132 valence electrons. The average Bonchev–Trinajstić information content (AvgIpc) is 3.07. The van der Waals surface area contributed by atoms with E-state index in [4.69, 9.17) is 0 Å². The summed E-state index contributed by atoms with van der Waals surface area (Å²) in [6, 6.07) is 11.0. The van der Waals surface area contributed by atoms with Crippen molar-refractivity contribution in [1.82, 2.24) is 5.32 Å². The Kier molecular flexibility index (Phi) is 4.96. The van der Waals surface area contributed by atoms with Gasteiger partial charge in [-0.3, -0.25) is 9.10 Å². The summed E-state index contributed by atoms with van der Waals surface area (Å²) in [5.74, 6) is -0.138. The molecule has 7 heteroatoms. The molecular formula is C18H20N2O3S2. The highest BCUT2D eigenvalue weighted by molar-refractivity contribution is 7.92. The molecule has 0 aliphatic carbocycles. The zero-order valence-corrected chi connectivity index (χ0v) is 15.7. The summed E-state index contributed by atoms with van der Waals surface area (Å²) in [6.45, 7) is 2.14. The number of rotatable bonds is 4. The van der Waals surface area contributed by atoms with Gasteiger partial charge >= 0.3 is 0 Å². The number of hydrogen-bond acceptors (Lipinski definition) is 4. The minimum atomic E-state index is -3.33. The van der Waals surface area contributed by atoms with Crippen LogP contribution in [-0.2, 0) is 14.8 Å². The summed E-state index contributed by atoms with van der Waals surface area (Å²) >= 11 is 1.58. The lowest BCUT2D eigenvalue weighted by atomic mass is 9.97. The Morgan fingerprint density at radius 1 is 1.28 bits per heavy atom. The van der Waals surface area contributed by atoms with Gasteiger partial charge in [-0.2, -0.15) is 0 Å². The maximum absolute atomic E-state index is 12.5. The van der Waals surface area contributed by atoms with Crippen LogP contribution in [0, 0.1) is 0 Å². The van der Waals surface area contributed by atoms with Crippen LogP contribution in [0.15, 0.2) is 47.4 Å². The number of benzene rings is 1. The lowest BCUT2D eigenvalue weighted by molar-refractivity contribution is -0.118. The largest absolute Gasteiger partial charge is 0.345 e. The van der Waals surface area contributed by atoms with Gasteiger partial charge in [0.05, 0.1) is 18.0 Å². The van der Waals surface area contributed by atoms with E-state index in [9.17, 15) is 13.2 Å². The van der Waals surface area contributed by atoms with Crippen molar-refractivity contribution < 1.29 is 13.2 Å². The highest BCUT2D eigenvalue weighted by Crippen LogP contribution is 2.35. The van der Waals surface area contributed by atoms with Gasteiger partial charge in [-0.25, -0.2) is 8.42 Å². The molecule has 1 aliphatic heterocycles. The van der Waals surface area contributed by atoms with E-state index in [0.29, 0.717) is 24.2 Å². The number of nitrogens with zero attached hydrogens (tertiary/aromatic N) is 1. The van der Waals surface area contributed by atoms with Crippen molar-refractivity contribution in [2.24, 2.45) is 0 Å². The Hall–Kier alpha value is -2.12. The minimum absolute atomic E-state index is 0.138. The molecule has 0 radical (unpaired) electrons. The molecule has 0 saturated carbocycles. The Morgan fingerprint density at radius 3 is 2.72 bits per heavy atom. The van der Waals surface area contributed by atoms with Crippen LogP contribution >= 0.6 is 11.3 Å². The first-order chi connectivity index (χ1) is 11.9. The second-order valence-corrected chi connectivity index (χ2v) is 8.94. The van der Waals surface area contributed by atoms with E-state index in [1.807, 2.05) is 41.8 Å². The van der Waals surface area contributed by atoms with Crippen molar-refractivity contribution in [2.75, 3.05) is 17.1 Å². The van der Waals surface area contributed by atoms with E-state index >= 15 is 0 Å². The molecule has 1 unspecified atom stereocenters. The van der Waals surface area contributed by atoms with E-state index in [-0.39, 0.29) is 11.9 Å². The van der Waals surface area contributed by atoms with E-state index in [1.54, 1.807) is 24.3 Å². The van der Waals surface area contributed by atoms with Crippen LogP contribution in [0.25, 0.3) is 6.08 Å².